The molecule has 0 aliphatic rings. The van der Waals surface area contributed by atoms with Gasteiger partial charge >= 0.3 is 11.9 Å². The molecule has 0 fully saturated rings. The second-order valence-corrected chi connectivity index (χ2v) is 4.78. The van der Waals surface area contributed by atoms with E-state index in [0.29, 0.717) is 0 Å². The molecule has 0 aromatic rings. The minimum atomic E-state index is -0.938. The quantitative estimate of drug-likeness (QED) is 0.579. The van der Waals surface area contributed by atoms with Crippen LogP contribution in [-0.2, 0) is 23.9 Å². The molecule has 0 aromatic heterocycles. The van der Waals surface area contributed by atoms with Crippen LogP contribution < -0.4 is 5.32 Å². The van der Waals surface area contributed by atoms with Crippen molar-refractivity contribution in [3.63, 3.8) is 0 Å². The summed E-state index contributed by atoms with van der Waals surface area (Å²) in [4.78, 5) is 34.1. The largest absolute Gasteiger partial charge is 0.465 e. The van der Waals surface area contributed by atoms with Gasteiger partial charge in [0.25, 0.3) is 0 Å². The lowest BCUT2D eigenvalue weighted by atomic mass is 10.1. The Hall–Kier alpha value is -1.59. The second-order valence-electron chi connectivity index (χ2n) is 4.78. The summed E-state index contributed by atoms with van der Waals surface area (Å²) in [5, 5.41) is 2.33. The average Bonchev–Trinajstić information content (AvgIpc) is 2.22. The first-order valence-electron chi connectivity index (χ1n) is 5.83. The van der Waals surface area contributed by atoms with E-state index in [1.165, 1.54) is 6.92 Å². The van der Waals surface area contributed by atoms with E-state index in [9.17, 15) is 14.4 Å². The zero-order chi connectivity index (χ0) is 14.3. The van der Waals surface area contributed by atoms with Crippen LogP contribution in [0.5, 0.6) is 0 Å². The molecule has 0 bridgehead atoms. The normalized spacial score (nSPS) is 12.5. The molecule has 0 saturated heterocycles. The van der Waals surface area contributed by atoms with Gasteiger partial charge in [0, 0.05) is 0 Å². The van der Waals surface area contributed by atoms with E-state index in [-0.39, 0.29) is 13.2 Å². The number of esters is 2. The Bertz CT molecular complexity index is 319. The van der Waals surface area contributed by atoms with Gasteiger partial charge in [0.15, 0.2) is 0 Å². The highest BCUT2D eigenvalue weighted by molar-refractivity contribution is 5.98. The molecule has 0 radical (unpaired) electrons. The Balaban J connectivity index is 4.11. The molecule has 0 rings (SSSR count). The maximum Gasteiger partial charge on any atom is 0.325 e. The van der Waals surface area contributed by atoms with Crippen molar-refractivity contribution in [2.75, 3.05) is 13.2 Å². The Labute approximate surface area is 107 Å². The molecule has 0 aliphatic heterocycles. The third kappa shape index (κ3) is 6.88. The van der Waals surface area contributed by atoms with E-state index in [4.69, 9.17) is 9.47 Å². The van der Waals surface area contributed by atoms with E-state index in [1.807, 2.05) is 0 Å². The van der Waals surface area contributed by atoms with Gasteiger partial charge in [-0.25, -0.2) is 0 Å². The standard InChI is InChI=1S/C12H21NO5/c1-6-17-11(16)8(2)10(15)13-7-9(14)18-12(3,4)5/h8H,6-7H2,1-5H3,(H,13,15). The van der Waals surface area contributed by atoms with Gasteiger partial charge in [-0.3, -0.25) is 14.4 Å². The van der Waals surface area contributed by atoms with Crippen LogP contribution in [0.25, 0.3) is 0 Å². The predicted octanol–water partition coefficient (Wildman–Crippen LogP) is 0.643. The summed E-state index contributed by atoms with van der Waals surface area (Å²) in [6.07, 6.45) is 0. The van der Waals surface area contributed by atoms with E-state index in [0.717, 1.165) is 0 Å². The molecule has 0 spiro atoms. The number of carbonyl (C=O) groups is 3. The molecule has 0 saturated carbocycles. The molecule has 104 valence electrons. The SMILES string of the molecule is CCOC(=O)C(C)C(=O)NCC(=O)OC(C)(C)C. The van der Waals surface area contributed by atoms with Crippen molar-refractivity contribution in [1.82, 2.24) is 5.32 Å². The maximum absolute atomic E-state index is 11.5. The molecule has 6 nitrogen and oxygen atoms in total. The summed E-state index contributed by atoms with van der Waals surface area (Å²) < 4.78 is 9.70. The fourth-order valence-corrected chi connectivity index (χ4v) is 1.06. The molecule has 6 heteroatoms. The zero-order valence-electron chi connectivity index (χ0n) is 11.5. The Morgan fingerprint density at radius 1 is 1.22 bits per heavy atom. The summed E-state index contributed by atoms with van der Waals surface area (Å²) in [5.74, 6) is -2.65. The second kappa shape index (κ2) is 6.98. The highest BCUT2D eigenvalue weighted by Crippen LogP contribution is 2.06. The molecule has 1 N–H and O–H groups in total. The summed E-state index contributed by atoms with van der Waals surface area (Å²) in [7, 11) is 0. The fraction of sp³-hybridized carbons (Fsp3) is 0.750. The summed E-state index contributed by atoms with van der Waals surface area (Å²) >= 11 is 0. The highest BCUT2D eigenvalue weighted by Gasteiger charge is 2.24. The molecule has 18 heavy (non-hydrogen) atoms. The van der Waals surface area contributed by atoms with Crippen LogP contribution in [-0.4, -0.2) is 36.6 Å². The number of hydrogen-bond acceptors (Lipinski definition) is 5. The van der Waals surface area contributed by atoms with Gasteiger partial charge in [-0.1, -0.05) is 0 Å². The van der Waals surface area contributed by atoms with Gasteiger partial charge in [0.05, 0.1) is 6.61 Å². The van der Waals surface area contributed by atoms with Crippen molar-refractivity contribution >= 4 is 17.8 Å². The van der Waals surface area contributed by atoms with E-state index in [2.05, 4.69) is 5.32 Å². The number of carbonyl (C=O) groups excluding carboxylic acids is 3. The fourth-order valence-electron chi connectivity index (χ4n) is 1.06. The minimum Gasteiger partial charge on any atom is -0.465 e. The van der Waals surface area contributed by atoms with Crippen molar-refractivity contribution in [2.24, 2.45) is 5.92 Å². The van der Waals surface area contributed by atoms with Crippen molar-refractivity contribution in [1.29, 1.82) is 0 Å². The first kappa shape index (κ1) is 16.4. The maximum atomic E-state index is 11.5. The van der Waals surface area contributed by atoms with Crippen LogP contribution >= 0.6 is 0 Å². The number of amides is 1. The highest BCUT2D eigenvalue weighted by atomic mass is 16.6. The van der Waals surface area contributed by atoms with Crippen LogP contribution in [0.4, 0.5) is 0 Å². The van der Waals surface area contributed by atoms with E-state index in [1.54, 1.807) is 27.7 Å². The molecular formula is C12H21NO5. The number of ether oxygens (including phenoxy) is 2. The molecule has 1 amide bonds. The summed E-state index contributed by atoms with van der Waals surface area (Å²) in [5.41, 5.74) is -0.603. The lowest BCUT2D eigenvalue weighted by molar-refractivity contribution is -0.157. The van der Waals surface area contributed by atoms with Crippen LogP contribution in [0.2, 0.25) is 0 Å². The summed E-state index contributed by atoms with van der Waals surface area (Å²) in [6, 6.07) is 0. The topological polar surface area (TPSA) is 81.7 Å². The zero-order valence-corrected chi connectivity index (χ0v) is 11.5. The molecule has 1 unspecified atom stereocenters. The van der Waals surface area contributed by atoms with E-state index < -0.39 is 29.4 Å². The Kier molecular flexibility index (Phi) is 6.36. The first-order chi connectivity index (χ1) is 8.17. The lowest BCUT2D eigenvalue weighted by Gasteiger charge is -2.19. The van der Waals surface area contributed by atoms with Crippen LogP contribution in [0.3, 0.4) is 0 Å². The number of hydrogen-bond donors (Lipinski definition) is 1. The van der Waals surface area contributed by atoms with Crippen molar-refractivity contribution in [3.8, 4) is 0 Å². The van der Waals surface area contributed by atoms with Gasteiger partial charge in [-0.15, -0.1) is 0 Å². The van der Waals surface area contributed by atoms with Gasteiger partial charge in [-0.05, 0) is 34.6 Å². The van der Waals surface area contributed by atoms with E-state index >= 15 is 0 Å². The molecule has 0 heterocycles. The summed E-state index contributed by atoms with van der Waals surface area (Å²) in [6.45, 7) is 8.21. The molecule has 1 atom stereocenters. The van der Waals surface area contributed by atoms with Gasteiger partial charge in [-0.2, -0.15) is 0 Å². The van der Waals surface area contributed by atoms with Crippen LogP contribution in [0, 0.1) is 5.92 Å². The van der Waals surface area contributed by atoms with Gasteiger partial charge < -0.3 is 14.8 Å². The monoisotopic (exact) mass is 259 g/mol. The average molecular weight is 259 g/mol. The third-order valence-corrected chi connectivity index (χ3v) is 1.86. The number of rotatable bonds is 5. The lowest BCUT2D eigenvalue weighted by Crippen LogP contribution is -2.39. The third-order valence-electron chi connectivity index (χ3n) is 1.86. The van der Waals surface area contributed by atoms with Crippen LogP contribution in [0.1, 0.15) is 34.6 Å². The first-order valence-corrected chi connectivity index (χ1v) is 5.83. The predicted molar refractivity (Wildman–Crippen MR) is 64.7 cm³/mol. The Morgan fingerprint density at radius 3 is 2.22 bits per heavy atom. The minimum absolute atomic E-state index is 0.211. The number of nitrogens with one attached hydrogen (secondary N) is 1. The molecule has 0 aliphatic carbocycles. The Morgan fingerprint density at radius 2 is 1.78 bits per heavy atom. The van der Waals surface area contributed by atoms with Gasteiger partial charge in [0.2, 0.25) is 5.91 Å². The van der Waals surface area contributed by atoms with Crippen LogP contribution in [0.15, 0.2) is 0 Å². The molecule has 0 aromatic carbocycles. The smallest absolute Gasteiger partial charge is 0.325 e. The van der Waals surface area contributed by atoms with Crippen molar-refractivity contribution < 1.29 is 23.9 Å². The molecular weight excluding hydrogens is 238 g/mol. The van der Waals surface area contributed by atoms with Crippen molar-refractivity contribution in [2.45, 2.75) is 40.2 Å². The van der Waals surface area contributed by atoms with Gasteiger partial charge in [0.1, 0.15) is 18.1 Å². The van der Waals surface area contributed by atoms with Crippen molar-refractivity contribution in [3.05, 3.63) is 0 Å².